The van der Waals surface area contributed by atoms with E-state index in [4.69, 9.17) is 4.42 Å². The van der Waals surface area contributed by atoms with Crippen molar-refractivity contribution in [3.63, 3.8) is 0 Å². The lowest BCUT2D eigenvalue weighted by atomic mass is 10.1. The van der Waals surface area contributed by atoms with Crippen molar-refractivity contribution in [1.29, 1.82) is 0 Å². The molecule has 0 bridgehead atoms. The first-order chi connectivity index (χ1) is 14.7. The Kier molecular flexibility index (Phi) is 5.90. The summed E-state index contributed by atoms with van der Waals surface area (Å²) in [6.45, 7) is 5.99. The number of fused-ring (bicyclic) bond motifs is 1. The molecular weight excluding hydrogens is 396 g/mol. The van der Waals surface area contributed by atoms with Crippen molar-refractivity contribution in [2.24, 2.45) is 5.10 Å². The van der Waals surface area contributed by atoms with Gasteiger partial charge in [-0.25, -0.2) is 9.78 Å². The summed E-state index contributed by atoms with van der Waals surface area (Å²) < 4.78 is 5.61. The van der Waals surface area contributed by atoms with Crippen molar-refractivity contribution in [1.82, 2.24) is 4.98 Å². The van der Waals surface area contributed by atoms with Crippen LogP contribution in [0.1, 0.15) is 19.4 Å². The van der Waals surface area contributed by atoms with E-state index in [2.05, 4.69) is 34.3 Å². The molecule has 152 valence electrons. The molecule has 0 amide bonds. The summed E-state index contributed by atoms with van der Waals surface area (Å²) in [6.07, 6.45) is 1.72. The maximum absolute atomic E-state index is 12.6. The summed E-state index contributed by atoms with van der Waals surface area (Å²) in [4.78, 5) is 19.3. The van der Waals surface area contributed by atoms with E-state index in [9.17, 15) is 4.79 Å². The van der Waals surface area contributed by atoms with Crippen LogP contribution in [0.3, 0.4) is 0 Å². The van der Waals surface area contributed by atoms with Gasteiger partial charge in [-0.1, -0.05) is 30.3 Å². The quantitative estimate of drug-likeness (QED) is 0.253. The Morgan fingerprint density at radius 1 is 1.13 bits per heavy atom. The van der Waals surface area contributed by atoms with E-state index in [0.717, 1.165) is 29.7 Å². The van der Waals surface area contributed by atoms with Crippen LogP contribution in [0.4, 0.5) is 10.8 Å². The summed E-state index contributed by atoms with van der Waals surface area (Å²) in [5.74, 6) is 0. The average Bonchev–Trinajstić information content (AvgIpc) is 3.23. The van der Waals surface area contributed by atoms with Gasteiger partial charge in [0, 0.05) is 35.6 Å². The fourth-order valence-electron chi connectivity index (χ4n) is 3.21. The third kappa shape index (κ3) is 4.26. The molecule has 0 radical (unpaired) electrons. The number of nitrogens with one attached hydrogen (secondary N) is 1. The van der Waals surface area contributed by atoms with Crippen molar-refractivity contribution in [3.8, 4) is 11.3 Å². The third-order valence-corrected chi connectivity index (χ3v) is 5.55. The molecule has 4 rings (SSSR count). The van der Waals surface area contributed by atoms with E-state index in [1.54, 1.807) is 6.21 Å². The van der Waals surface area contributed by atoms with Gasteiger partial charge < -0.3 is 9.32 Å². The fourth-order valence-corrected chi connectivity index (χ4v) is 3.87. The topological polar surface area (TPSA) is 70.7 Å². The molecule has 0 unspecified atom stereocenters. The van der Waals surface area contributed by atoms with Gasteiger partial charge in [-0.15, -0.1) is 11.3 Å². The zero-order chi connectivity index (χ0) is 20.9. The Bertz CT molecular complexity index is 1230. The number of benzene rings is 2. The second kappa shape index (κ2) is 8.92. The minimum Gasteiger partial charge on any atom is -0.422 e. The molecule has 7 heteroatoms. The molecule has 0 saturated heterocycles. The molecule has 0 aliphatic carbocycles. The summed E-state index contributed by atoms with van der Waals surface area (Å²) >= 11 is 1.38. The first kappa shape index (κ1) is 19.8. The Labute approximate surface area is 178 Å². The van der Waals surface area contributed by atoms with Gasteiger partial charge in [0.2, 0.25) is 5.13 Å². The highest BCUT2D eigenvalue weighted by Gasteiger charge is 2.13. The molecule has 4 aromatic rings. The lowest BCUT2D eigenvalue weighted by Crippen LogP contribution is -2.21. The second-order valence-corrected chi connectivity index (χ2v) is 7.52. The van der Waals surface area contributed by atoms with Crippen LogP contribution in [-0.2, 0) is 0 Å². The standard InChI is InChI=1S/C23H22N4O2S/c1-3-27(4-2)18-11-10-17-12-19(22(28)29-21(17)13-18)20-15-30-23(25-20)26-24-14-16-8-6-5-7-9-16/h5-15H,3-4H2,1-2H3,(H,25,26)/b24-14-. The molecule has 1 N–H and O–H groups in total. The van der Waals surface area contributed by atoms with Crippen LogP contribution in [0.15, 0.2) is 74.3 Å². The molecule has 30 heavy (non-hydrogen) atoms. The summed E-state index contributed by atoms with van der Waals surface area (Å²) in [6, 6.07) is 17.6. The SMILES string of the molecule is CCN(CC)c1ccc2cc(-c3csc(N/N=C\c4ccccc4)n3)c(=O)oc2c1. The number of thiazole rings is 1. The lowest BCUT2D eigenvalue weighted by molar-refractivity contribution is 0.563. The predicted molar refractivity (Wildman–Crippen MR) is 125 cm³/mol. The molecule has 2 heterocycles. The van der Waals surface area contributed by atoms with Crippen LogP contribution in [0.2, 0.25) is 0 Å². The smallest absolute Gasteiger partial charge is 0.345 e. The van der Waals surface area contributed by atoms with Crippen LogP contribution in [0.25, 0.3) is 22.2 Å². The molecule has 2 aromatic carbocycles. The van der Waals surface area contributed by atoms with Crippen LogP contribution in [0.5, 0.6) is 0 Å². The van der Waals surface area contributed by atoms with E-state index in [1.807, 2.05) is 60.0 Å². The highest BCUT2D eigenvalue weighted by Crippen LogP contribution is 2.27. The molecule has 6 nitrogen and oxygen atoms in total. The van der Waals surface area contributed by atoms with E-state index in [-0.39, 0.29) is 0 Å². The molecule has 0 atom stereocenters. The molecule has 0 aliphatic heterocycles. The number of hydrogen-bond acceptors (Lipinski definition) is 7. The number of anilines is 2. The summed E-state index contributed by atoms with van der Waals surface area (Å²) in [5, 5.41) is 7.49. The van der Waals surface area contributed by atoms with Gasteiger partial charge in [-0.2, -0.15) is 5.10 Å². The third-order valence-electron chi connectivity index (χ3n) is 4.80. The normalized spacial score (nSPS) is 11.3. The van der Waals surface area contributed by atoms with Gasteiger partial charge in [0.25, 0.3) is 0 Å². The van der Waals surface area contributed by atoms with Crippen molar-refractivity contribution in [2.75, 3.05) is 23.4 Å². The van der Waals surface area contributed by atoms with Crippen LogP contribution >= 0.6 is 11.3 Å². The van der Waals surface area contributed by atoms with Crippen LogP contribution in [-0.4, -0.2) is 24.3 Å². The molecule has 0 aliphatic rings. The van der Waals surface area contributed by atoms with Crippen molar-refractivity contribution >= 4 is 39.3 Å². The first-order valence-electron chi connectivity index (χ1n) is 9.80. The minimum absolute atomic E-state index is 0.399. The number of rotatable bonds is 7. The number of aromatic nitrogens is 1. The van der Waals surface area contributed by atoms with Crippen LogP contribution < -0.4 is 16.0 Å². The van der Waals surface area contributed by atoms with Gasteiger partial charge in [0.05, 0.1) is 17.5 Å². The minimum atomic E-state index is -0.399. The molecule has 0 fully saturated rings. The number of hydrazone groups is 1. The van der Waals surface area contributed by atoms with Gasteiger partial charge >= 0.3 is 5.63 Å². The van der Waals surface area contributed by atoms with Crippen molar-refractivity contribution in [2.45, 2.75) is 13.8 Å². The van der Waals surface area contributed by atoms with E-state index in [1.165, 1.54) is 11.3 Å². The largest absolute Gasteiger partial charge is 0.422 e. The van der Waals surface area contributed by atoms with Crippen molar-refractivity contribution in [3.05, 3.63) is 76.0 Å². The fraction of sp³-hybridized carbons (Fsp3) is 0.174. The Morgan fingerprint density at radius 2 is 1.93 bits per heavy atom. The van der Waals surface area contributed by atoms with E-state index in [0.29, 0.717) is 22.0 Å². The summed E-state index contributed by atoms with van der Waals surface area (Å²) in [5.41, 5.74) is 6.13. The predicted octanol–water partition coefficient (Wildman–Crippen LogP) is 5.21. The van der Waals surface area contributed by atoms with E-state index < -0.39 is 5.63 Å². The molecule has 0 spiro atoms. The van der Waals surface area contributed by atoms with Crippen LogP contribution in [0, 0.1) is 0 Å². The molecule has 0 saturated carbocycles. The maximum Gasteiger partial charge on any atom is 0.345 e. The Hall–Kier alpha value is -3.45. The van der Waals surface area contributed by atoms with Crippen molar-refractivity contribution < 1.29 is 4.42 Å². The van der Waals surface area contributed by atoms with Gasteiger partial charge in [-0.3, -0.25) is 5.43 Å². The van der Waals surface area contributed by atoms with Gasteiger partial charge in [0.15, 0.2) is 0 Å². The van der Waals surface area contributed by atoms with Gasteiger partial charge in [0.1, 0.15) is 5.58 Å². The Morgan fingerprint density at radius 3 is 2.70 bits per heavy atom. The number of hydrogen-bond donors (Lipinski definition) is 1. The zero-order valence-electron chi connectivity index (χ0n) is 16.8. The highest BCUT2D eigenvalue weighted by atomic mass is 32.1. The second-order valence-electron chi connectivity index (χ2n) is 6.66. The zero-order valence-corrected chi connectivity index (χ0v) is 17.6. The average molecular weight is 419 g/mol. The maximum atomic E-state index is 12.6. The van der Waals surface area contributed by atoms with E-state index >= 15 is 0 Å². The lowest BCUT2D eigenvalue weighted by Gasteiger charge is -2.20. The molecule has 2 aromatic heterocycles. The highest BCUT2D eigenvalue weighted by molar-refractivity contribution is 7.14. The first-order valence-corrected chi connectivity index (χ1v) is 10.7. The molecular formula is C23H22N4O2S. The Balaban J connectivity index is 1.57. The monoisotopic (exact) mass is 418 g/mol. The number of nitrogens with zero attached hydrogens (tertiary/aromatic N) is 3. The summed E-state index contributed by atoms with van der Waals surface area (Å²) in [7, 11) is 0. The van der Waals surface area contributed by atoms with Gasteiger partial charge in [-0.05, 0) is 37.6 Å².